The van der Waals surface area contributed by atoms with Crippen LogP contribution in [0.25, 0.3) is 0 Å². The smallest absolute Gasteiger partial charge is 0.335 e. The van der Waals surface area contributed by atoms with Crippen LogP contribution in [0.15, 0.2) is 66.2 Å². The summed E-state index contributed by atoms with van der Waals surface area (Å²) in [6.07, 6.45) is 1.79. The van der Waals surface area contributed by atoms with E-state index in [1.165, 1.54) is 0 Å². The molecular weight excluding hydrogens is 364 g/mol. The second kappa shape index (κ2) is 12.4. The summed E-state index contributed by atoms with van der Waals surface area (Å²) in [6, 6.07) is 17.5. The first kappa shape index (κ1) is 22.3. The van der Waals surface area contributed by atoms with E-state index in [0.717, 1.165) is 22.4 Å². The number of hydrogen-bond donors (Lipinski definition) is 0. The molecule has 0 spiro atoms. The van der Waals surface area contributed by atoms with Crippen LogP contribution in [0, 0.1) is 11.8 Å². The molecule has 2 aromatic rings. The molecular formula is C25H28O4. The predicted molar refractivity (Wildman–Crippen MR) is 115 cm³/mol. The standard InChI is InChI=1S/C25H28O4/c1-4-27-24(25(26)28-5-2)19-22-12-9-13-23(18-22)29-17-16-20(3)14-15-21-10-7-6-8-11-21/h6-13,16,18,24H,4-5,17,19H2,1-3H3/b20-16+. The number of carbonyl (C=O) groups excluding carboxylic acids is 1. The van der Waals surface area contributed by atoms with Crippen molar-refractivity contribution in [1.82, 2.24) is 0 Å². The molecule has 0 aliphatic heterocycles. The van der Waals surface area contributed by atoms with Crippen molar-refractivity contribution in [2.75, 3.05) is 19.8 Å². The monoisotopic (exact) mass is 392 g/mol. The van der Waals surface area contributed by atoms with E-state index in [1.54, 1.807) is 6.92 Å². The summed E-state index contributed by atoms with van der Waals surface area (Å²) in [6.45, 7) is 6.82. The number of ether oxygens (including phenoxy) is 3. The van der Waals surface area contributed by atoms with E-state index in [0.29, 0.717) is 26.2 Å². The molecule has 4 heteroatoms. The largest absolute Gasteiger partial charge is 0.489 e. The van der Waals surface area contributed by atoms with Crippen LogP contribution in [-0.4, -0.2) is 31.9 Å². The van der Waals surface area contributed by atoms with Crippen molar-refractivity contribution < 1.29 is 19.0 Å². The zero-order chi connectivity index (χ0) is 20.9. The van der Waals surface area contributed by atoms with Crippen molar-refractivity contribution in [3.63, 3.8) is 0 Å². The van der Waals surface area contributed by atoms with Crippen LogP contribution in [-0.2, 0) is 20.7 Å². The van der Waals surface area contributed by atoms with Gasteiger partial charge >= 0.3 is 5.97 Å². The molecule has 1 unspecified atom stereocenters. The fourth-order valence-electron chi connectivity index (χ4n) is 2.63. The maximum atomic E-state index is 12.0. The van der Waals surface area contributed by atoms with E-state index in [-0.39, 0.29) is 5.97 Å². The van der Waals surface area contributed by atoms with Crippen LogP contribution in [0.4, 0.5) is 0 Å². The average Bonchev–Trinajstić information content (AvgIpc) is 2.73. The second-order valence-corrected chi connectivity index (χ2v) is 6.36. The summed E-state index contributed by atoms with van der Waals surface area (Å²) < 4.78 is 16.4. The van der Waals surface area contributed by atoms with Crippen molar-refractivity contribution in [3.05, 3.63) is 77.4 Å². The Morgan fingerprint density at radius 1 is 1.07 bits per heavy atom. The molecule has 0 heterocycles. The lowest BCUT2D eigenvalue weighted by Crippen LogP contribution is -2.29. The molecule has 0 aliphatic carbocycles. The Bertz CT molecular complexity index is 859. The van der Waals surface area contributed by atoms with Gasteiger partial charge in [-0.15, -0.1) is 0 Å². The molecule has 152 valence electrons. The number of carbonyl (C=O) groups is 1. The van der Waals surface area contributed by atoms with Gasteiger partial charge in [0.1, 0.15) is 12.4 Å². The van der Waals surface area contributed by atoms with E-state index in [9.17, 15) is 4.79 Å². The van der Waals surface area contributed by atoms with Gasteiger partial charge in [-0.2, -0.15) is 0 Å². The summed E-state index contributed by atoms with van der Waals surface area (Å²) in [4.78, 5) is 12.0. The van der Waals surface area contributed by atoms with Crippen LogP contribution >= 0.6 is 0 Å². The van der Waals surface area contributed by atoms with Gasteiger partial charge in [-0.1, -0.05) is 42.2 Å². The fraction of sp³-hybridized carbons (Fsp3) is 0.320. The van der Waals surface area contributed by atoms with Crippen molar-refractivity contribution in [3.8, 4) is 17.6 Å². The molecule has 0 fully saturated rings. The van der Waals surface area contributed by atoms with Crippen LogP contribution < -0.4 is 4.74 Å². The number of hydrogen-bond acceptors (Lipinski definition) is 4. The molecule has 0 saturated carbocycles. The maximum Gasteiger partial charge on any atom is 0.335 e. The normalized spacial score (nSPS) is 11.9. The summed E-state index contributed by atoms with van der Waals surface area (Å²) in [5.74, 6) is 6.65. The van der Waals surface area contributed by atoms with E-state index < -0.39 is 6.10 Å². The summed E-state index contributed by atoms with van der Waals surface area (Å²) in [5, 5.41) is 0. The molecule has 4 nitrogen and oxygen atoms in total. The van der Waals surface area contributed by atoms with Gasteiger partial charge in [-0.3, -0.25) is 0 Å². The first-order chi connectivity index (χ1) is 14.1. The number of allylic oxidation sites excluding steroid dienone is 1. The highest BCUT2D eigenvalue weighted by Gasteiger charge is 2.20. The Kier molecular flexibility index (Phi) is 9.54. The highest BCUT2D eigenvalue weighted by molar-refractivity contribution is 5.75. The third-order valence-corrected chi connectivity index (χ3v) is 4.05. The molecule has 0 radical (unpaired) electrons. The first-order valence-electron chi connectivity index (χ1n) is 9.86. The molecule has 1 atom stereocenters. The van der Waals surface area contributed by atoms with E-state index in [1.807, 2.05) is 74.5 Å². The minimum Gasteiger partial charge on any atom is -0.489 e. The highest BCUT2D eigenvalue weighted by atomic mass is 16.6. The summed E-state index contributed by atoms with van der Waals surface area (Å²) >= 11 is 0. The van der Waals surface area contributed by atoms with Crippen LogP contribution in [0.1, 0.15) is 31.9 Å². The van der Waals surface area contributed by atoms with Crippen molar-refractivity contribution >= 4 is 5.97 Å². The third kappa shape index (κ3) is 8.25. The Morgan fingerprint density at radius 2 is 1.86 bits per heavy atom. The van der Waals surface area contributed by atoms with Crippen molar-refractivity contribution in [2.24, 2.45) is 0 Å². The molecule has 0 bridgehead atoms. The lowest BCUT2D eigenvalue weighted by atomic mass is 10.1. The number of esters is 1. The van der Waals surface area contributed by atoms with Gasteiger partial charge in [0, 0.05) is 18.6 Å². The Hall–Kier alpha value is -3.03. The van der Waals surface area contributed by atoms with Crippen LogP contribution in [0.5, 0.6) is 5.75 Å². The number of benzene rings is 2. The minimum atomic E-state index is -0.606. The van der Waals surface area contributed by atoms with Gasteiger partial charge in [-0.25, -0.2) is 4.79 Å². The van der Waals surface area contributed by atoms with Gasteiger partial charge in [0.2, 0.25) is 0 Å². The molecule has 0 aliphatic rings. The maximum absolute atomic E-state index is 12.0. The molecule has 29 heavy (non-hydrogen) atoms. The van der Waals surface area contributed by atoms with Crippen LogP contribution in [0.3, 0.4) is 0 Å². The summed E-state index contributed by atoms with van der Waals surface area (Å²) in [5.41, 5.74) is 2.89. The molecule has 0 N–H and O–H groups in total. The topological polar surface area (TPSA) is 44.8 Å². The summed E-state index contributed by atoms with van der Waals surface area (Å²) in [7, 11) is 0. The molecule has 0 saturated heterocycles. The molecule has 0 amide bonds. The SMILES string of the molecule is CCOC(=O)C(Cc1cccc(OC/C=C(\C)C#Cc2ccccc2)c1)OCC. The Morgan fingerprint density at radius 3 is 2.59 bits per heavy atom. The highest BCUT2D eigenvalue weighted by Crippen LogP contribution is 2.16. The quantitative estimate of drug-likeness (QED) is 0.463. The van der Waals surface area contributed by atoms with Gasteiger partial charge in [0.25, 0.3) is 0 Å². The van der Waals surface area contributed by atoms with E-state index >= 15 is 0 Å². The zero-order valence-electron chi connectivity index (χ0n) is 17.3. The zero-order valence-corrected chi connectivity index (χ0v) is 17.3. The Balaban J connectivity index is 1.93. The van der Waals surface area contributed by atoms with Crippen LogP contribution in [0.2, 0.25) is 0 Å². The lowest BCUT2D eigenvalue weighted by Gasteiger charge is -2.16. The van der Waals surface area contributed by atoms with E-state index in [4.69, 9.17) is 14.2 Å². The first-order valence-corrected chi connectivity index (χ1v) is 9.86. The average molecular weight is 392 g/mol. The predicted octanol–water partition coefficient (Wildman–Crippen LogP) is 4.57. The molecule has 2 aromatic carbocycles. The van der Waals surface area contributed by atoms with Crippen molar-refractivity contribution in [1.29, 1.82) is 0 Å². The Labute approximate surface area is 173 Å². The van der Waals surface area contributed by atoms with E-state index in [2.05, 4.69) is 11.8 Å². The van der Waals surface area contributed by atoms with Gasteiger partial charge in [0.15, 0.2) is 6.10 Å². The third-order valence-electron chi connectivity index (χ3n) is 4.05. The second-order valence-electron chi connectivity index (χ2n) is 6.36. The molecule has 2 rings (SSSR count). The van der Waals surface area contributed by atoms with Gasteiger partial charge < -0.3 is 14.2 Å². The lowest BCUT2D eigenvalue weighted by molar-refractivity contribution is -0.156. The van der Waals surface area contributed by atoms with Gasteiger partial charge in [0.05, 0.1) is 6.61 Å². The van der Waals surface area contributed by atoms with Crippen molar-refractivity contribution in [2.45, 2.75) is 33.3 Å². The fourth-order valence-corrected chi connectivity index (χ4v) is 2.63. The number of rotatable bonds is 9. The minimum absolute atomic E-state index is 0.337. The molecule has 0 aromatic heterocycles. The van der Waals surface area contributed by atoms with Gasteiger partial charge in [-0.05, 0) is 62.2 Å².